The normalized spacial score (nSPS) is 10.9. The minimum atomic E-state index is 0.490. The van der Waals surface area contributed by atoms with Crippen molar-refractivity contribution in [3.05, 3.63) is 0 Å². The molecule has 0 bridgehead atoms. The third kappa shape index (κ3) is 7.04. The topological polar surface area (TPSA) is 15.3 Å². The van der Waals surface area contributed by atoms with E-state index in [0.717, 1.165) is 18.2 Å². The van der Waals surface area contributed by atoms with Crippen molar-refractivity contribution >= 4 is 17.3 Å². The minimum absolute atomic E-state index is 0.490. The zero-order valence-electron chi connectivity index (χ0n) is 11.5. The Balaban J connectivity index is 4.03. The molecular weight excluding hydrogens is 216 g/mol. The molecule has 0 heterocycles. The van der Waals surface area contributed by atoms with Crippen LogP contribution in [0.15, 0.2) is 0 Å². The van der Waals surface area contributed by atoms with Crippen molar-refractivity contribution in [2.24, 2.45) is 5.92 Å². The molecule has 0 atom stereocenters. The van der Waals surface area contributed by atoms with Gasteiger partial charge in [-0.1, -0.05) is 33.6 Å². The maximum atomic E-state index is 5.43. The highest BCUT2D eigenvalue weighted by Crippen LogP contribution is 2.04. The Bertz CT molecular complexity index is 190. The first kappa shape index (κ1) is 15.7. The minimum Gasteiger partial charge on any atom is -0.362 e. The summed E-state index contributed by atoms with van der Waals surface area (Å²) in [5.74, 6) is 0.641. The molecule has 0 aromatic rings. The van der Waals surface area contributed by atoms with Crippen LogP contribution in [-0.4, -0.2) is 29.1 Å². The third-order valence-electron chi connectivity index (χ3n) is 2.55. The van der Waals surface area contributed by atoms with Gasteiger partial charge in [-0.15, -0.1) is 0 Å². The molecule has 0 spiro atoms. The summed E-state index contributed by atoms with van der Waals surface area (Å²) in [5, 5.41) is 4.26. The van der Waals surface area contributed by atoms with Crippen molar-refractivity contribution in [2.45, 2.75) is 59.9 Å². The lowest BCUT2D eigenvalue weighted by Crippen LogP contribution is -2.45. The fourth-order valence-corrected chi connectivity index (χ4v) is 1.90. The van der Waals surface area contributed by atoms with Crippen LogP contribution in [-0.2, 0) is 0 Å². The molecule has 0 rings (SSSR count). The summed E-state index contributed by atoms with van der Waals surface area (Å²) in [5.41, 5.74) is 0. The molecule has 0 fully saturated rings. The predicted molar refractivity (Wildman–Crippen MR) is 76.8 cm³/mol. The molecule has 2 nitrogen and oxygen atoms in total. The van der Waals surface area contributed by atoms with Crippen LogP contribution in [0.1, 0.15) is 53.9 Å². The Morgan fingerprint density at radius 2 is 1.81 bits per heavy atom. The fraction of sp³-hybridized carbons (Fsp3) is 0.923. The summed E-state index contributed by atoms with van der Waals surface area (Å²) in [6, 6.07) is 0.490. The number of nitrogens with one attached hydrogen (secondary N) is 1. The monoisotopic (exact) mass is 244 g/mol. The molecule has 0 aliphatic carbocycles. The fourth-order valence-electron chi connectivity index (χ4n) is 1.52. The molecule has 0 saturated heterocycles. The quantitative estimate of drug-likeness (QED) is 0.546. The Labute approximate surface area is 107 Å². The van der Waals surface area contributed by atoms with Gasteiger partial charge in [-0.05, 0) is 38.4 Å². The van der Waals surface area contributed by atoms with Crippen molar-refractivity contribution < 1.29 is 0 Å². The summed E-state index contributed by atoms with van der Waals surface area (Å²) < 4.78 is 0. The third-order valence-corrected chi connectivity index (χ3v) is 2.93. The SMILES string of the molecule is CCCCCN(C(=S)NCC(C)C)C(C)C. The lowest BCUT2D eigenvalue weighted by Gasteiger charge is -2.30. The summed E-state index contributed by atoms with van der Waals surface area (Å²) >= 11 is 5.43. The number of nitrogens with zero attached hydrogens (tertiary/aromatic N) is 1. The van der Waals surface area contributed by atoms with Gasteiger partial charge in [-0.3, -0.25) is 0 Å². The highest BCUT2D eigenvalue weighted by atomic mass is 32.1. The Hall–Kier alpha value is -0.310. The smallest absolute Gasteiger partial charge is 0.169 e. The van der Waals surface area contributed by atoms with Gasteiger partial charge in [0.05, 0.1) is 0 Å². The van der Waals surface area contributed by atoms with E-state index in [0.29, 0.717) is 12.0 Å². The molecule has 0 aromatic heterocycles. The molecule has 96 valence electrons. The second-order valence-corrected chi connectivity index (χ2v) is 5.46. The van der Waals surface area contributed by atoms with Gasteiger partial charge in [0, 0.05) is 19.1 Å². The lowest BCUT2D eigenvalue weighted by molar-refractivity contribution is 0.334. The van der Waals surface area contributed by atoms with Crippen molar-refractivity contribution in [1.82, 2.24) is 10.2 Å². The van der Waals surface area contributed by atoms with Gasteiger partial charge in [0.15, 0.2) is 5.11 Å². The van der Waals surface area contributed by atoms with Crippen LogP contribution in [0, 0.1) is 5.92 Å². The molecule has 3 heteroatoms. The van der Waals surface area contributed by atoms with Gasteiger partial charge in [0.2, 0.25) is 0 Å². The standard InChI is InChI=1S/C13H28N2S/c1-6-7-8-9-15(12(4)5)13(16)14-10-11(2)3/h11-12H,6-10H2,1-5H3,(H,14,16). The van der Waals surface area contributed by atoms with Crippen LogP contribution < -0.4 is 5.32 Å². The molecule has 0 aliphatic heterocycles. The highest BCUT2D eigenvalue weighted by Gasteiger charge is 2.12. The summed E-state index contributed by atoms with van der Waals surface area (Å²) in [7, 11) is 0. The number of hydrogen-bond acceptors (Lipinski definition) is 1. The first-order valence-electron chi connectivity index (χ1n) is 6.53. The zero-order chi connectivity index (χ0) is 12.6. The molecule has 0 radical (unpaired) electrons. The van der Waals surface area contributed by atoms with E-state index < -0.39 is 0 Å². The van der Waals surface area contributed by atoms with Crippen LogP contribution in [0.4, 0.5) is 0 Å². The van der Waals surface area contributed by atoms with Crippen LogP contribution in [0.3, 0.4) is 0 Å². The number of hydrogen-bond donors (Lipinski definition) is 1. The summed E-state index contributed by atoms with van der Waals surface area (Å²) in [4.78, 5) is 2.30. The Kier molecular flexibility index (Phi) is 8.63. The molecule has 0 amide bonds. The van der Waals surface area contributed by atoms with E-state index in [-0.39, 0.29) is 0 Å². The predicted octanol–water partition coefficient (Wildman–Crippen LogP) is 3.42. The first-order chi connectivity index (χ1) is 7.49. The van der Waals surface area contributed by atoms with Crippen molar-refractivity contribution in [1.29, 1.82) is 0 Å². The largest absolute Gasteiger partial charge is 0.362 e. The van der Waals surface area contributed by atoms with E-state index in [9.17, 15) is 0 Å². The zero-order valence-corrected chi connectivity index (χ0v) is 12.4. The van der Waals surface area contributed by atoms with E-state index in [1.807, 2.05) is 0 Å². The summed E-state index contributed by atoms with van der Waals surface area (Å²) in [6.07, 6.45) is 3.78. The van der Waals surface area contributed by atoms with Gasteiger partial charge in [0.25, 0.3) is 0 Å². The van der Waals surface area contributed by atoms with Gasteiger partial charge >= 0.3 is 0 Å². The molecule has 0 saturated carbocycles. The van der Waals surface area contributed by atoms with E-state index in [2.05, 4.69) is 44.8 Å². The van der Waals surface area contributed by atoms with Gasteiger partial charge in [-0.2, -0.15) is 0 Å². The number of rotatable bonds is 7. The van der Waals surface area contributed by atoms with Crippen molar-refractivity contribution in [2.75, 3.05) is 13.1 Å². The maximum Gasteiger partial charge on any atom is 0.169 e. The molecule has 0 unspecified atom stereocenters. The van der Waals surface area contributed by atoms with Gasteiger partial charge in [0.1, 0.15) is 0 Å². The van der Waals surface area contributed by atoms with Crippen LogP contribution in [0.2, 0.25) is 0 Å². The summed E-state index contributed by atoms with van der Waals surface area (Å²) in [6.45, 7) is 13.1. The highest BCUT2D eigenvalue weighted by molar-refractivity contribution is 7.80. The van der Waals surface area contributed by atoms with Crippen molar-refractivity contribution in [3.8, 4) is 0 Å². The average molecular weight is 244 g/mol. The second kappa shape index (κ2) is 8.80. The number of thiocarbonyl (C=S) groups is 1. The molecular formula is C13H28N2S. The molecule has 0 aliphatic rings. The van der Waals surface area contributed by atoms with Crippen LogP contribution in [0.25, 0.3) is 0 Å². The second-order valence-electron chi connectivity index (χ2n) is 5.07. The maximum absolute atomic E-state index is 5.43. The Morgan fingerprint density at radius 3 is 2.25 bits per heavy atom. The van der Waals surface area contributed by atoms with E-state index in [1.165, 1.54) is 19.3 Å². The Morgan fingerprint density at radius 1 is 1.19 bits per heavy atom. The van der Waals surface area contributed by atoms with E-state index >= 15 is 0 Å². The average Bonchev–Trinajstić information content (AvgIpc) is 2.20. The van der Waals surface area contributed by atoms with Crippen LogP contribution in [0.5, 0.6) is 0 Å². The van der Waals surface area contributed by atoms with E-state index in [4.69, 9.17) is 12.2 Å². The first-order valence-corrected chi connectivity index (χ1v) is 6.94. The van der Waals surface area contributed by atoms with Crippen molar-refractivity contribution in [3.63, 3.8) is 0 Å². The molecule has 0 aromatic carbocycles. The van der Waals surface area contributed by atoms with Gasteiger partial charge < -0.3 is 10.2 Å². The van der Waals surface area contributed by atoms with Crippen LogP contribution >= 0.6 is 12.2 Å². The molecule has 1 N–H and O–H groups in total. The van der Waals surface area contributed by atoms with Gasteiger partial charge in [-0.25, -0.2) is 0 Å². The number of unbranched alkanes of at least 4 members (excludes halogenated alkanes) is 2. The van der Waals surface area contributed by atoms with E-state index in [1.54, 1.807) is 0 Å². The lowest BCUT2D eigenvalue weighted by atomic mass is 10.2. The molecule has 16 heavy (non-hydrogen) atoms.